The smallest absolute Gasteiger partial charge is 0.235 e. The molecule has 0 spiro atoms. The van der Waals surface area contributed by atoms with Gasteiger partial charge in [0.25, 0.3) is 0 Å². The summed E-state index contributed by atoms with van der Waals surface area (Å²) in [7, 11) is 1.67. The van der Waals surface area contributed by atoms with E-state index < -0.39 is 0 Å². The van der Waals surface area contributed by atoms with E-state index in [0.717, 1.165) is 38.1 Å². The number of hydrogen-bond donors (Lipinski definition) is 0. The van der Waals surface area contributed by atoms with E-state index in [4.69, 9.17) is 4.74 Å². The van der Waals surface area contributed by atoms with Gasteiger partial charge in [0.2, 0.25) is 4.96 Å². The Morgan fingerprint density at radius 2 is 1.89 bits per heavy atom. The maximum Gasteiger partial charge on any atom is 0.235 e. The van der Waals surface area contributed by atoms with Gasteiger partial charge in [-0.15, -0.1) is 10.2 Å². The lowest BCUT2D eigenvalue weighted by Gasteiger charge is -2.02. The van der Waals surface area contributed by atoms with Gasteiger partial charge in [-0.05, 0) is 30.4 Å². The molecule has 0 N–H and O–H groups in total. The lowest BCUT2D eigenvalue weighted by molar-refractivity contribution is 0.414. The van der Waals surface area contributed by atoms with E-state index in [1.54, 1.807) is 11.6 Å². The first-order valence-electron chi connectivity index (χ1n) is 8.74. The average Bonchev–Trinajstić information content (AvgIpc) is 3.43. The van der Waals surface area contributed by atoms with Crippen molar-refractivity contribution in [2.24, 2.45) is 0 Å². The largest absolute Gasteiger partial charge is 0.496 e. The molecule has 0 amide bonds. The van der Waals surface area contributed by atoms with Gasteiger partial charge in [-0.2, -0.15) is 9.61 Å². The summed E-state index contributed by atoms with van der Waals surface area (Å²) in [5, 5.41) is 14.1. The highest BCUT2D eigenvalue weighted by Crippen LogP contribution is 2.22. The molecule has 0 unspecified atom stereocenters. The van der Waals surface area contributed by atoms with Gasteiger partial charge in [0.05, 0.1) is 31.0 Å². The highest BCUT2D eigenvalue weighted by Gasteiger charge is 2.12. The second kappa shape index (κ2) is 6.90. The van der Waals surface area contributed by atoms with E-state index in [1.807, 2.05) is 67.0 Å². The van der Waals surface area contributed by atoms with Crippen LogP contribution in [0.3, 0.4) is 0 Å². The minimum Gasteiger partial charge on any atom is -0.496 e. The van der Waals surface area contributed by atoms with Crippen molar-refractivity contribution < 1.29 is 4.74 Å². The zero-order valence-corrected chi connectivity index (χ0v) is 15.9. The van der Waals surface area contributed by atoms with E-state index in [2.05, 4.69) is 24.8 Å². The Balaban J connectivity index is 1.45. The number of benzene rings is 2. The molecule has 28 heavy (non-hydrogen) atoms. The van der Waals surface area contributed by atoms with Gasteiger partial charge >= 0.3 is 0 Å². The minimum absolute atomic E-state index is 0.557. The Labute approximate surface area is 164 Å². The molecule has 0 aliphatic carbocycles. The molecule has 0 atom stereocenters. The molecule has 3 aromatic heterocycles. The number of para-hydroxylation sites is 3. The fourth-order valence-electron chi connectivity index (χ4n) is 3.09. The number of aromatic nitrogens is 6. The first-order chi connectivity index (χ1) is 13.8. The molecule has 5 aromatic rings. The second-order valence-corrected chi connectivity index (χ2v) is 7.17. The summed E-state index contributed by atoms with van der Waals surface area (Å²) in [6.45, 7) is 0.557. The van der Waals surface area contributed by atoms with Crippen LogP contribution in [0.25, 0.3) is 28.1 Å². The quantitative estimate of drug-likeness (QED) is 0.458. The standard InChI is InChI=1S/C20H16N6OS/c1-27-17-9-5-2-6-14(17)10-11-19-24-26-18(22-23-20(26)28-19)12-25-13-21-15-7-3-4-8-16(15)25/h2-11,13H,12H2,1H3/b11-10+. The zero-order chi connectivity index (χ0) is 18.9. The highest BCUT2D eigenvalue weighted by atomic mass is 32.1. The third kappa shape index (κ3) is 2.93. The van der Waals surface area contributed by atoms with Gasteiger partial charge in [0, 0.05) is 5.56 Å². The van der Waals surface area contributed by atoms with Crippen LogP contribution >= 0.6 is 11.3 Å². The minimum atomic E-state index is 0.557. The van der Waals surface area contributed by atoms with Crippen molar-refractivity contribution in [1.82, 2.24) is 29.4 Å². The number of hydrogen-bond acceptors (Lipinski definition) is 6. The van der Waals surface area contributed by atoms with Crippen molar-refractivity contribution >= 4 is 39.5 Å². The Morgan fingerprint density at radius 1 is 1.04 bits per heavy atom. The molecule has 0 saturated carbocycles. The van der Waals surface area contributed by atoms with Crippen LogP contribution in [0, 0.1) is 0 Å². The van der Waals surface area contributed by atoms with Crippen LogP contribution in [0.4, 0.5) is 0 Å². The van der Waals surface area contributed by atoms with Gasteiger partial charge in [-0.3, -0.25) is 0 Å². The molecular weight excluding hydrogens is 372 g/mol. The Hall–Kier alpha value is -3.52. The van der Waals surface area contributed by atoms with Gasteiger partial charge < -0.3 is 9.30 Å². The number of fused-ring (bicyclic) bond motifs is 2. The van der Waals surface area contributed by atoms with Crippen LogP contribution in [0.5, 0.6) is 5.75 Å². The molecule has 0 aliphatic rings. The number of ether oxygens (including phenoxy) is 1. The first kappa shape index (κ1) is 16.6. The summed E-state index contributed by atoms with van der Waals surface area (Å²) in [5.41, 5.74) is 3.02. The summed E-state index contributed by atoms with van der Waals surface area (Å²) in [4.78, 5) is 5.19. The van der Waals surface area contributed by atoms with Crippen LogP contribution in [0.15, 0.2) is 54.9 Å². The fraction of sp³-hybridized carbons (Fsp3) is 0.100. The van der Waals surface area contributed by atoms with Gasteiger partial charge in [0.1, 0.15) is 10.8 Å². The van der Waals surface area contributed by atoms with E-state index in [9.17, 15) is 0 Å². The van der Waals surface area contributed by atoms with Crippen LogP contribution < -0.4 is 4.74 Å². The fourth-order valence-corrected chi connectivity index (χ4v) is 3.85. The maximum absolute atomic E-state index is 5.39. The van der Waals surface area contributed by atoms with E-state index in [-0.39, 0.29) is 0 Å². The lowest BCUT2D eigenvalue weighted by atomic mass is 10.2. The van der Waals surface area contributed by atoms with Crippen molar-refractivity contribution in [3.05, 3.63) is 71.3 Å². The summed E-state index contributed by atoms with van der Waals surface area (Å²) in [5.74, 6) is 1.60. The van der Waals surface area contributed by atoms with E-state index in [0.29, 0.717) is 6.54 Å². The lowest BCUT2D eigenvalue weighted by Crippen LogP contribution is -2.04. The molecule has 2 aromatic carbocycles. The predicted molar refractivity (Wildman–Crippen MR) is 109 cm³/mol. The van der Waals surface area contributed by atoms with Crippen molar-refractivity contribution in [3.63, 3.8) is 0 Å². The SMILES string of the molecule is COc1ccccc1/C=C/c1nn2c(Cn3cnc4ccccc43)nnc2s1. The third-order valence-corrected chi connectivity index (χ3v) is 5.32. The van der Waals surface area contributed by atoms with Gasteiger partial charge in [0.15, 0.2) is 5.82 Å². The van der Waals surface area contributed by atoms with E-state index in [1.165, 1.54) is 11.3 Å². The summed E-state index contributed by atoms with van der Waals surface area (Å²) in [6, 6.07) is 15.9. The molecule has 8 heteroatoms. The number of imidazole rings is 1. The Morgan fingerprint density at radius 3 is 2.82 bits per heavy atom. The third-order valence-electron chi connectivity index (χ3n) is 4.45. The van der Waals surface area contributed by atoms with E-state index >= 15 is 0 Å². The molecule has 0 radical (unpaired) electrons. The number of rotatable bonds is 5. The van der Waals surface area contributed by atoms with Crippen molar-refractivity contribution in [3.8, 4) is 5.75 Å². The molecule has 0 aliphatic heterocycles. The summed E-state index contributed by atoms with van der Waals surface area (Å²) >= 11 is 1.49. The average molecular weight is 388 g/mol. The molecule has 0 fully saturated rings. The molecule has 0 bridgehead atoms. The summed E-state index contributed by atoms with van der Waals surface area (Å²) < 4.78 is 9.23. The van der Waals surface area contributed by atoms with Crippen LogP contribution in [-0.2, 0) is 6.54 Å². The summed E-state index contributed by atoms with van der Waals surface area (Å²) in [6.07, 6.45) is 5.78. The highest BCUT2D eigenvalue weighted by molar-refractivity contribution is 7.17. The van der Waals surface area contributed by atoms with Crippen LogP contribution in [0.1, 0.15) is 16.4 Å². The van der Waals surface area contributed by atoms with Gasteiger partial charge in [-0.25, -0.2) is 4.98 Å². The Bertz CT molecular complexity index is 1300. The molecule has 138 valence electrons. The maximum atomic E-state index is 5.39. The zero-order valence-electron chi connectivity index (χ0n) is 15.1. The molecule has 0 saturated heterocycles. The first-order valence-corrected chi connectivity index (χ1v) is 9.55. The normalized spacial score (nSPS) is 11.8. The van der Waals surface area contributed by atoms with Crippen LogP contribution in [0.2, 0.25) is 0 Å². The van der Waals surface area contributed by atoms with Gasteiger partial charge in [-0.1, -0.05) is 41.7 Å². The second-order valence-electron chi connectivity index (χ2n) is 6.19. The monoisotopic (exact) mass is 388 g/mol. The Kier molecular flexibility index (Phi) is 4.10. The van der Waals surface area contributed by atoms with Crippen LogP contribution in [-0.4, -0.2) is 36.5 Å². The molecular formula is C20H16N6OS. The predicted octanol–water partition coefficient (Wildman–Crippen LogP) is 3.76. The number of nitrogens with zero attached hydrogens (tertiary/aromatic N) is 6. The van der Waals surface area contributed by atoms with Crippen molar-refractivity contribution in [2.75, 3.05) is 7.11 Å². The topological polar surface area (TPSA) is 70.1 Å². The molecule has 3 heterocycles. The molecule has 5 rings (SSSR count). The molecule has 7 nitrogen and oxygen atoms in total. The number of methoxy groups -OCH3 is 1. The van der Waals surface area contributed by atoms with Crippen molar-refractivity contribution in [1.29, 1.82) is 0 Å². The van der Waals surface area contributed by atoms with Crippen molar-refractivity contribution in [2.45, 2.75) is 6.54 Å².